The van der Waals surface area contributed by atoms with Crippen LogP contribution in [0, 0.1) is 5.82 Å². The van der Waals surface area contributed by atoms with Crippen molar-refractivity contribution in [2.75, 3.05) is 17.3 Å². The summed E-state index contributed by atoms with van der Waals surface area (Å²) in [5.41, 5.74) is -1.75. The highest BCUT2D eigenvalue weighted by Crippen LogP contribution is 2.35. The van der Waals surface area contributed by atoms with E-state index in [4.69, 9.17) is 9.47 Å². The molecule has 10 nitrogen and oxygen atoms in total. The Morgan fingerprint density at radius 1 is 0.978 bits per heavy atom. The van der Waals surface area contributed by atoms with Crippen LogP contribution in [0.3, 0.4) is 0 Å². The first-order chi connectivity index (χ1) is 20.9. The molecule has 0 fully saturated rings. The van der Waals surface area contributed by atoms with Crippen molar-refractivity contribution in [3.63, 3.8) is 0 Å². The van der Waals surface area contributed by atoms with Crippen LogP contribution in [0.2, 0.25) is 0 Å². The number of anilines is 1. The summed E-state index contributed by atoms with van der Waals surface area (Å²) >= 11 is 0. The third kappa shape index (κ3) is 8.71. The van der Waals surface area contributed by atoms with E-state index in [1.807, 2.05) is 0 Å². The van der Waals surface area contributed by atoms with Gasteiger partial charge in [0.25, 0.3) is 5.91 Å². The zero-order chi connectivity index (χ0) is 33.2. The van der Waals surface area contributed by atoms with E-state index in [0.29, 0.717) is 11.8 Å². The van der Waals surface area contributed by atoms with E-state index in [0.717, 1.165) is 23.1 Å². The van der Waals surface area contributed by atoms with Crippen LogP contribution < -0.4 is 19.7 Å². The Hall–Kier alpha value is -4.66. The largest absolute Gasteiger partial charge is 0.573 e. The molecule has 15 heteroatoms. The summed E-state index contributed by atoms with van der Waals surface area (Å²) in [6, 6.07) is 12.3. The maximum absolute atomic E-state index is 15.3. The van der Waals surface area contributed by atoms with Gasteiger partial charge in [0, 0.05) is 0 Å². The number of sulfone groups is 1. The summed E-state index contributed by atoms with van der Waals surface area (Å²) in [4.78, 5) is 39.7. The smallest absolute Gasteiger partial charge is 0.485 e. The van der Waals surface area contributed by atoms with Gasteiger partial charge in [-0.2, -0.15) is 0 Å². The summed E-state index contributed by atoms with van der Waals surface area (Å²) in [6.07, 6.45) is -6.05. The molecule has 0 unspecified atom stereocenters. The Bertz CT molecular complexity index is 1690. The van der Waals surface area contributed by atoms with Gasteiger partial charge >= 0.3 is 12.5 Å². The molecule has 1 aliphatic rings. The fourth-order valence-electron chi connectivity index (χ4n) is 4.34. The van der Waals surface area contributed by atoms with Crippen molar-refractivity contribution >= 4 is 33.3 Å². The van der Waals surface area contributed by atoms with Crippen LogP contribution in [0.4, 0.5) is 28.0 Å². The molecule has 45 heavy (non-hydrogen) atoms. The van der Waals surface area contributed by atoms with Crippen molar-refractivity contribution in [1.82, 2.24) is 5.32 Å². The highest BCUT2D eigenvalue weighted by Gasteiger charge is 2.40. The molecule has 0 spiro atoms. The topological polar surface area (TPSA) is 128 Å². The first-order valence-corrected chi connectivity index (χ1v) is 15.0. The summed E-state index contributed by atoms with van der Waals surface area (Å²) < 4.78 is 94.6. The van der Waals surface area contributed by atoms with Crippen LogP contribution in [0.15, 0.2) is 71.6 Å². The monoisotopic (exact) mass is 652 g/mol. The quantitative estimate of drug-likeness (QED) is 0.260. The van der Waals surface area contributed by atoms with E-state index in [1.165, 1.54) is 12.1 Å². The Labute approximate surface area is 255 Å². The zero-order valence-electron chi connectivity index (χ0n) is 24.2. The second kappa shape index (κ2) is 12.8. The third-order valence-corrected chi connectivity index (χ3v) is 8.00. The number of hydrogen-bond donors (Lipinski definition) is 1. The fraction of sp³-hybridized carbons (Fsp3) is 0.300. The molecule has 0 radical (unpaired) electrons. The number of amides is 2. The molecular formula is C30H28F4N2O8S. The van der Waals surface area contributed by atoms with Gasteiger partial charge in [-0.1, -0.05) is 30.3 Å². The van der Waals surface area contributed by atoms with E-state index < -0.39 is 86.6 Å². The molecule has 0 aromatic heterocycles. The highest BCUT2D eigenvalue weighted by atomic mass is 32.2. The Kier molecular flexibility index (Phi) is 9.42. The Morgan fingerprint density at radius 3 is 2.22 bits per heavy atom. The summed E-state index contributed by atoms with van der Waals surface area (Å²) in [5.74, 6) is -4.24. The number of nitrogens with one attached hydrogen (secondary N) is 1. The molecule has 3 aromatic rings. The van der Waals surface area contributed by atoms with E-state index >= 15 is 4.39 Å². The number of alkyl halides is 3. The van der Waals surface area contributed by atoms with Crippen LogP contribution in [-0.2, 0) is 25.9 Å². The number of ketones is 1. The Balaban J connectivity index is 1.75. The second-order valence-corrected chi connectivity index (χ2v) is 12.9. The maximum Gasteiger partial charge on any atom is 0.573 e. The number of para-hydroxylation sites is 1. The minimum atomic E-state index is -4.95. The average Bonchev–Trinajstić information content (AvgIpc) is 2.99. The van der Waals surface area contributed by atoms with Crippen molar-refractivity contribution in [3.8, 4) is 11.5 Å². The molecule has 1 atom stereocenters. The van der Waals surface area contributed by atoms with Gasteiger partial charge in [-0.15, -0.1) is 13.2 Å². The van der Waals surface area contributed by atoms with Gasteiger partial charge in [0.05, 0.1) is 28.4 Å². The minimum absolute atomic E-state index is 0.212. The number of hydrogen-bond acceptors (Lipinski definition) is 8. The van der Waals surface area contributed by atoms with Crippen molar-refractivity contribution < 1.29 is 54.6 Å². The van der Waals surface area contributed by atoms with Crippen molar-refractivity contribution in [3.05, 3.63) is 83.7 Å². The number of rotatable bonds is 8. The molecule has 1 heterocycles. The molecule has 3 aromatic carbocycles. The fourth-order valence-corrected chi connectivity index (χ4v) is 5.96. The van der Waals surface area contributed by atoms with Crippen LogP contribution in [0.1, 0.15) is 36.7 Å². The van der Waals surface area contributed by atoms with Gasteiger partial charge < -0.3 is 24.4 Å². The average molecular weight is 653 g/mol. The van der Waals surface area contributed by atoms with Gasteiger partial charge in [-0.3, -0.25) is 9.59 Å². The number of fused-ring (bicyclic) bond motifs is 1. The molecule has 0 bridgehead atoms. The number of ether oxygens (including phenoxy) is 3. The van der Waals surface area contributed by atoms with Gasteiger partial charge in [0.2, 0.25) is 5.78 Å². The first-order valence-electron chi connectivity index (χ1n) is 13.3. The number of nitrogens with zero attached hydrogens (tertiary/aromatic N) is 1. The molecule has 1 N–H and O–H groups in total. The van der Waals surface area contributed by atoms with Crippen molar-refractivity contribution in [2.45, 2.75) is 50.2 Å². The van der Waals surface area contributed by atoms with Gasteiger partial charge in [0.15, 0.2) is 16.4 Å². The lowest BCUT2D eigenvalue weighted by Gasteiger charge is -2.27. The number of benzene rings is 3. The van der Waals surface area contributed by atoms with Crippen molar-refractivity contribution in [1.29, 1.82) is 0 Å². The highest BCUT2D eigenvalue weighted by molar-refractivity contribution is 7.91. The maximum atomic E-state index is 15.3. The lowest BCUT2D eigenvalue weighted by molar-refractivity contribution is -0.274. The number of carbonyl (C=O) groups is 3. The molecule has 4 rings (SSSR count). The second-order valence-electron chi connectivity index (χ2n) is 10.9. The van der Waals surface area contributed by atoms with Crippen molar-refractivity contribution in [2.24, 2.45) is 0 Å². The summed E-state index contributed by atoms with van der Waals surface area (Å²) in [6.45, 7) is 3.59. The normalized spacial score (nSPS) is 16.3. The van der Waals surface area contributed by atoms with Gasteiger partial charge in [-0.05, 0) is 62.7 Å². The molecule has 2 amide bonds. The molecular weight excluding hydrogens is 624 g/mol. The first kappa shape index (κ1) is 33.2. The third-order valence-electron chi connectivity index (χ3n) is 6.23. The van der Waals surface area contributed by atoms with Crippen LogP contribution in [0.5, 0.6) is 11.5 Å². The number of halogens is 4. The van der Waals surface area contributed by atoms with Gasteiger partial charge in [0.1, 0.15) is 29.0 Å². The molecule has 0 saturated carbocycles. The minimum Gasteiger partial charge on any atom is -0.485 e. The van der Waals surface area contributed by atoms with E-state index in [-0.39, 0.29) is 11.3 Å². The molecule has 0 saturated heterocycles. The predicted molar refractivity (Wildman–Crippen MR) is 152 cm³/mol. The van der Waals surface area contributed by atoms with Gasteiger partial charge in [-0.25, -0.2) is 17.6 Å². The molecule has 1 aliphatic heterocycles. The number of alkyl carbamates (subject to hydrolysis) is 1. The Morgan fingerprint density at radius 2 is 1.62 bits per heavy atom. The number of carbonyl (C=O) groups excluding carboxylic acids is 3. The molecule has 0 aliphatic carbocycles. The van der Waals surface area contributed by atoms with Crippen LogP contribution in [-0.4, -0.2) is 56.6 Å². The lowest BCUT2D eigenvalue weighted by Crippen LogP contribution is -2.51. The summed E-state index contributed by atoms with van der Waals surface area (Å²) in [7, 11) is -4.48. The summed E-state index contributed by atoms with van der Waals surface area (Å²) in [5, 5.41) is 2.24. The standard InChI is InChI=1S/C30H28F4N2O8S/c1-29(2,3)44-28(39)35-23-17-45(40,41)26-14-22(31)21(25(37)16-42-19-7-5-4-6-8-19)13-24(26)36(27(23)38)15-18-9-11-20(12-10-18)43-30(32,33)34/h4-14,23H,15-17H2,1-3H3,(H,35,39)/t23-/m0/s1. The van der Waals surface area contributed by atoms with E-state index in [9.17, 15) is 36.0 Å². The predicted octanol–water partition coefficient (Wildman–Crippen LogP) is 5.20. The SMILES string of the molecule is CC(C)(C)OC(=O)N[C@H]1CS(=O)(=O)c2cc(F)c(C(=O)COc3ccccc3)cc2N(Cc2ccc(OC(F)(F)F)cc2)C1=O. The van der Waals surface area contributed by atoms with Crippen LogP contribution >= 0.6 is 0 Å². The zero-order valence-corrected chi connectivity index (χ0v) is 25.0. The lowest BCUT2D eigenvalue weighted by atomic mass is 10.1. The van der Waals surface area contributed by atoms with E-state index in [2.05, 4.69) is 10.1 Å². The molecule has 240 valence electrons. The van der Waals surface area contributed by atoms with Crippen LogP contribution in [0.25, 0.3) is 0 Å². The number of Topliss-reactive ketones (excluding diaryl/α,β-unsaturated/α-hetero) is 1. The van der Waals surface area contributed by atoms with E-state index in [1.54, 1.807) is 51.1 Å².